The predicted molar refractivity (Wildman–Crippen MR) is 70.5 cm³/mol. The molecule has 1 aromatic carbocycles. The molecule has 0 aromatic heterocycles. The van der Waals surface area contributed by atoms with E-state index in [9.17, 15) is 0 Å². The molecule has 0 spiro atoms. The first-order chi connectivity index (χ1) is 8.81. The van der Waals surface area contributed by atoms with E-state index in [2.05, 4.69) is 12.2 Å². The van der Waals surface area contributed by atoms with Gasteiger partial charge in [0.15, 0.2) is 0 Å². The molecule has 0 aliphatic carbocycles. The van der Waals surface area contributed by atoms with Crippen molar-refractivity contribution in [3.63, 3.8) is 0 Å². The summed E-state index contributed by atoms with van der Waals surface area (Å²) >= 11 is 0. The van der Waals surface area contributed by atoms with Crippen molar-refractivity contribution < 1.29 is 14.2 Å². The fraction of sp³-hybridized carbons (Fsp3) is 0.571. The van der Waals surface area contributed by atoms with Crippen LogP contribution in [0.2, 0.25) is 0 Å². The third kappa shape index (κ3) is 2.44. The maximum atomic E-state index is 5.80. The summed E-state index contributed by atoms with van der Waals surface area (Å²) in [7, 11) is 3.39. The number of morpholine rings is 1. The van der Waals surface area contributed by atoms with Gasteiger partial charge in [-0.05, 0) is 18.6 Å². The van der Waals surface area contributed by atoms with Gasteiger partial charge in [0.05, 0.1) is 26.9 Å². The van der Waals surface area contributed by atoms with E-state index < -0.39 is 0 Å². The van der Waals surface area contributed by atoms with E-state index in [1.807, 2.05) is 12.1 Å². The molecular formula is C14H21NO3. The number of hydrogen-bond acceptors (Lipinski definition) is 4. The minimum Gasteiger partial charge on any atom is -0.496 e. The van der Waals surface area contributed by atoms with E-state index >= 15 is 0 Å². The lowest BCUT2D eigenvalue weighted by Crippen LogP contribution is -2.33. The fourth-order valence-electron chi connectivity index (χ4n) is 2.41. The van der Waals surface area contributed by atoms with Gasteiger partial charge in [0.25, 0.3) is 0 Å². The number of nitrogens with one attached hydrogen (secondary N) is 1. The summed E-state index contributed by atoms with van der Waals surface area (Å²) in [5, 5.41) is 3.34. The summed E-state index contributed by atoms with van der Waals surface area (Å²) in [6.45, 7) is 4.58. The van der Waals surface area contributed by atoms with Crippen LogP contribution in [-0.4, -0.2) is 33.9 Å². The van der Waals surface area contributed by atoms with E-state index in [0.29, 0.717) is 0 Å². The highest BCUT2D eigenvalue weighted by Gasteiger charge is 2.22. The van der Waals surface area contributed by atoms with Crippen LogP contribution in [-0.2, 0) is 11.2 Å². The average molecular weight is 251 g/mol. The Bertz CT molecular complexity index is 400. The Morgan fingerprint density at radius 3 is 2.72 bits per heavy atom. The van der Waals surface area contributed by atoms with Gasteiger partial charge in [-0.25, -0.2) is 0 Å². The van der Waals surface area contributed by atoms with Crippen LogP contribution in [0.4, 0.5) is 0 Å². The minimum absolute atomic E-state index is 0.0601. The number of rotatable bonds is 4. The standard InChI is InChI=1S/C14H21NO3/c1-4-10-12(16-2)6-5-11(14(10)17-3)13-9-15-7-8-18-13/h5-6,13,15H,4,7-9H2,1-3H3. The molecule has 4 heteroatoms. The molecule has 18 heavy (non-hydrogen) atoms. The van der Waals surface area contributed by atoms with E-state index in [1.165, 1.54) is 0 Å². The molecule has 1 aromatic rings. The van der Waals surface area contributed by atoms with Gasteiger partial charge < -0.3 is 19.5 Å². The first-order valence-electron chi connectivity index (χ1n) is 6.37. The summed E-state index contributed by atoms with van der Waals surface area (Å²) in [4.78, 5) is 0. The monoisotopic (exact) mass is 251 g/mol. The van der Waals surface area contributed by atoms with Crippen molar-refractivity contribution in [1.82, 2.24) is 5.32 Å². The summed E-state index contributed by atoms with van der Waals surface area (Å²) in [6, 6.07) is 4.03. The van der Waals surface area contributed by atoms with Crippen molar-refractivity contribution in [3.05, 3.63) is 23.3 Å². The number of ether oxygens (including phenoxy) is 3. The zero-order chi connectivity index (χ0) is 13.0. The molecule has 0 radical (unpaired) electrons. The largest absolute Gasteiger partial charge is 0.496 e. The predicted octanol–water partition coefficient (Wildman–Crippen LogP) is 1.93. The summed E-state index contributed by atoms with van der Waals surface area (Å²) in [6.07, 6.45) is 0.935. The molecule has 100 valence electrons. The molecule has 1 fully saturated rings. The lowest BCUT2D eigenvalue weighted by atomic mass is 10.0. The maximum Gasteiger partial charge on any atom is 0.131 e. The Balaban J connectivity index is 2.40. The highest BCUT2D eigenvalue weighted by atomic mass is 16.5. The molecule has 0 saturated carbocycles. The van der Waals surface area contributed by atoms with Crippen LogP contribution < -0.4 is 14.8 Å². The Morgan fingerprint density at radius 1 is 1.33 bits per heavy atom. The Labute approximate surface area is 108 Å². The second-order valence-electron chi connectivity index (χ2n) is 4.29. The van der Waals surface area contributed by atoms with Gasteiger partial charge >= 0.3 is 0 Å². The molecule has 0 bridgehead atoms. The lowest BCUT2D eigenvalue weighted by Gasteiger charge is -2.26. The molecule has 2 rings (SSSR count). The second-order valence-corrected chi connectivity index (χ2v) is 4.29. The van der Waals surface area contributed by atoms with Crippen molar-refractivity contribution in [2.24, 2.45) is 0 Å². The van der Waals surface area contributed by atoms with Crippen molar-refractivity contribution >= 4 is 0 Å². The summed E-state index contributed by atoms with van der Waals surface area (Å²) in [5.41, 5.74) is 2.20. The van der Waals surface area contributed by atoms with E-state index in [4.69, 9.17) is 14.2 Å². The second kappa shape index (κ2) is 6.07. The van der Waals surface area contributed by atoms with Gasteiger partial charge in [-0.3, -0.25) is 0 Å². The summed E-state index contributed by atoms with van der Waals surface area (Å²) in [5.74, 6) is 1.77. The molecule has 4 nitrogen and oxygen atoms in total. The molecular weight excluding hydrogens is 230 g/mol. The zero-order valence-electron chi connectivity index (χ0n) is 11.3. The Hall–Kier alpha value is -1.26. The van der Waals surface area contributed by atoms with E-state index in [1.54, 1.807) is 14.2 Å². The molecule has 0 amide bonds. The molecule has 1 saturated heterocycles. The third-order valence-electron chi connectivity index (χ3n) is 3.30. The van der Waals surface area contributed by atoms with E-state index in [-0.39, 0.29) is 6.10 Å². The third-order valence-corrected chi connectivity index (χ3v) is 3.30. The van der Waals surface area contributed by atoms with Crippen LogP contribution >= 0.6 is 0 Å². The first-order valence-corrected chi connectivity index (χ1v) is 6.37. The van der Waals surface area contributed by atoms with E-state index in [0.717, 1.165) is 48.7 Å². The van der Waals surface area contributed by atoms with Gasteiger partial charge in [0, 0.05) is 24.2 Å². The molecule has 1 aliphatic rings. The quantitative estimate of drug-likeness (QED) is 0.887. The molecule has 1 unspecified atom stereocenters. The number of hydrogen-bond donors (Lipinski definition) is 1. The van der Waals surface area contributed by atoms with Crippen molar-refractivity contribution in [2.75, 3.05) is 33.9 Å². The zero-order valence-corrected chi connectivity index (χ0v) is 11.3. The van der Waals surface area contributed by atoms with Crippen LogP contribution in [0.3, 0.4) is 0 Å². The van der Waals surface area contributed by atoms with Crippen LogP contribution in [0.5, 0.6) is 11.5 Å². The van der Waals surface area contributed by atoms with Crippen LogP contribution in [0.25, 0.3) is 0 Å². The van der Waals surface area contributed by atoms with Crippen LogP contribution in [0.1, 0.15) is 24.2 Å². The van der Waals surface area contributed by atoms with Crippen LogP contribution in [0, 0.1) is 0 Å². The fourth-order valence-corrected chi connectivity index (χ4v) is 2.41. The smallest absolute Gasteiger partial charge is 0.131 e. The average Bonchev–Trinajstić information content (AvgIpc) is 2.46. The van der Waals surface area contributed by atoms with Gasteiger partial charge in [-0.15, -0.1) is 0 Å². The van der Waals surface area contributed by atoms with Crippen molar-refractivity contribution in [1.29, 1.82) is 0 Å². The van der Waals surface area contributed by atoms with Gasteiger partial charge in [-0.2, -0.15) is 0 Å². The lowest BCUT2D eigenvalue weighted by molar-refractivity contribution is 0.0261. The summed E-state index contributed by atoms with van der Waals surface area (Å²) < 4.78 is 16.8. The highest BCUT2D eigenvalue weighted by molar-refractivity contribution is 5.51. The first kappa shape index (κ1) is 13.2. The van der Waals surface area contributed by atoms with Gasteiger partial charge in [-0.1, -0.05) is 6.92 Å². The number of benzene rings is 1. The van der Waals surface area contributed by atoms with Gasteiger partial charge in [0.2, 0.25) is 0 Å². The molecule has 1 N–H and O–H groups in total. The molecule has 1 atom stereocenters. The van der Waals surface area contributed by atoms with Crippen LogP contribution in [0.15, 0.2) is 12.1 Å². The van der Waals surface area contributed by atoms with Gasteiger partial charge in [0.1, 0.15) is 11.5 Å². The minimum atomic E-state index is 0.0601. The number of methoxy groups -OCH3 is 2. The SMILES string of the molecule is CCc1c(OC)ccc(C2CNCCO2)c1OC. The van der Waals surface area contributed by atoms with Crippen molar-refractivity contribution in [2.45, 2.75) is 19.4 Å². The molecule has 1 aliphatic heterocycles. The highest BCUT2D eigenvalue weighted by Crippen LogP contribution is 2.37. The maximum absolute atomic E-state index is 5.80. The Morgan fingerprint density at radius 2 is 2.17 bits per heavy atom. The Kier molecular flexibility index (Phi) is 4.44. The molecule has 1 heterocycles. The van der Waals surface area contributed by atoms with Crippen molar-refractivity contribution in [3.8, 4) is 11.5 Å². The topological polar surface area (TPSA) is 39.7 Å². The normalized spacial score (nSPS) is 19.6.